The third-order valence-corrected chi connectivity index (χ3v) is 4.12. The summed E-state index contributed by atoms with van der Waals surface area (Å²) in [6.45, 7) is 5.23. The van der Waals surface area contributed by atoms with Gasteiger partial charge in [-0.2, -0.15) is 0 Å². The third kappa shape index (κ3) is 3.60. The first-order valence-corrected chi connectivity index (χ1v) is 8.01. The van der Waals surface area contributed by atoms with Crippen LogP contribution in [0.1, 0.15) is 37.7 Å². The van der Waals surface area contributed by atoms with Crippen LogP contribution in [0.5, 0.6) is 0 Å². The molecule has 3 nitrogen and oxygen atoms in total. The lowest BCUT2D eigenvalue weighted by atomic mass is 10.1. The summed E-state index contributed by atoms with van der Waals surface area (Å²) in [5, 5.41) is 3.42. The van der Waals surface area contributed by atoms with Crippen LogP contribution in [0.4, 0.5) is 11.4 Å². The molecule has 112 valence electrons. The molecule has 1 fully saturated rings. The van der Waals surface area contributed by atoms with Gasteiger partial charge in [-0.15, -0.1) is 0 Å². The molecule has 21 heavy (non-hydrogen) atoms. The summed E-state index contributed by atoms with van der Waals surface area (Å²) in [5.41, 5.74) is 2.48. The second-order valence-corrected chi connectivity index (χ2v) is 5.67. The van der Waals surface area contributed by atoms with Crippen LogP contribution in [-0.4, -0.2) is 13.1 Å². The minimum absolute atomic E-state index is 0.739. The normalized spacial score (nSPS) is 15.2. The zero-order chi connectivity index (χ0) is 14.5. The summed E-state index contributed by atoms with van der Waals surface area (Å²) in [5.74, 6) is 2.04. The molecule has 1 aromatic heterocycles. The van der Waals surface area contributed by atoms with Gasteiger partial charge in [-0.25, -0.2) is 0 Å². The molecule has 2 heterocycles. The predicted octanol–water partition coefficient (Wildman–Crippen LogP) is 4.44. The second-order valence-electron chi connectivity index (χ2n) is 5.67. The van der Waals surface area contributed by atoms with Crippen LogP contribution in [0.25, 0.3) is 0 Å². The van der Waals surface area contributed by atoms with Gasteiger partial charge in [0.25, 0.3) is 0 Å². The summed E-state index contributed by atoms with van der Waals surface area (Å²) >= 11 is 0. The van der Waals surface area contributed by atoms with E-state index in [1.54, 1.807) is 0 Å². The molecule has 0 amide bonds. The highest BCUT2D eigenvalue weighted by molar-refractivity contribution is 5.55. The number of furan rings is 1. The molecule has 0 atom stereocenters. The maximum absolute atomic E-state index is 5.70. The van der Waals surface area contributed by atoms with Crippen molar-refractivity contribution in [2.45, 2.75) is 39.2 Å². The van der Waals surface area contributed by atoms with Crippen LogP contribution in [-0.2, 0) is 13.0 Å². The number of hydrogen-bond donors (Lipinski definition) is 1. The molecule has 1 N–H and O–H groups in total. The van der Waals surface area contributed by atoms with E-state index in [4.69, 9.17) is 4.42 Å². The van der Waals surface area contributed by atoms with Crippen molar-refractivity contribution in [3.63, 3.8) is 0 Å². The van der Waals surface area contributed by atoms with E-state index < -0.39 is 0 Å². The highest BCUT2D eigenvalue weighted by Gasteiger charge is 2.10. The van der Waals surface area contributed by atoms with E-state index in [0.717, 1.165) is 30.2 Å². The zero-order valence-corrected chi connectivity index (χ0v) is 12.8. The van der Waals surface area contributed by atoms with Crippen LogP contribution in [0.3, 0.4) is 0 Å². The predicted molar refractivity (Wildman–Crippen MR) is 87.9 cm³/mol. The molecule has 1 aliphatic rings. The lowest BCUT2D eigenvalue weighted by Crippen LogP contribution is -2.29. The van der Waals surface area contributed by atoms with Crippen molar-refractivity contribution >= 4 is 11.4 Å². The number of rotatable bonds is 5. The Morgan fingerprint density at radius 2 is 1.67 bits per heavy atom. The molecule has 3 heteroatoms. The van der Waals surface area contributed by atoms with Gasteiger partial charge in [0.05, 0.1) is 6.54 Å². The highest BCUT2D eigenvalue weighted by Crippen LogP contribution is 2.22. The summed E-state index contributed by atoms with van der Waals surface area (Å²) in [6.07, 6.45) is 4.96. The van der Waals surface area contributed by atoms with Crippen molar-refractivity contribution in [2.24, 2.45) is 0 Å². The quantitative estimate of drug-likeness (QED) is 0.879. The Balaban J connectivity index is 1.56. The number of aryl methyl sites for hydroxylation is 1. The molecule has 0 aliphatic carbocycles. The molecule has 1 saturated heterocycles. The molecule has 0 spiro atoms. The number of hydrogen-bond acceptors (Lipinski definition) is 3. The van der Waals surface area contributed by atoms with Crippen molar-refractivity contribution in [3.05, 3.63) is 47.9 Å². The number of piperidine rings is 1. The topological polar surface area (TPSA) is 28.4 Å². The average molecular weight is 284 g/mol. The Kier molecular flexibility index (Phi) is 4.49. The van der Waals surface area contributed by atoms with E-state index >= 15 is 0 Å². The van der Waals surface area contributed by atoms with Gasteiger partial charge in [0.1, 0.15) is 11.5 Å². The fourth-order valence-electron chi connectivity index (χ4n) is 2.84. The first-order chi connectivity index (χ1) is 10.3. The van der Waals surface area contributed by atoms with Crippen LogP contribution in [0.2, 0.25) is 0 Å². The van der Waals surface area contributed by atoms with Gasteiger partial charge in [0, 0.05) is 30.9 Å². The van der Waals surface area contributed by atoms with Crippen molar-refractivity contribution < 1.29 is 4.42 Å². The first-order valence-electron chi connectivity index (χ1n) is 8.01. The Morgan fingerprint density at radius 3 is 2.33 bits per heavy atom. The number of nitrogens with zero attached hydrogens (tertiary/aromatic N) is 1. The Morgan fingerprint density at radius 1 is 0.952 bits per heavy atom. The highest BCUT2D eigenvalue weighted by atomic mass is 16.3. The van der Waals surface area contributed by atoms with Crippen molar-refractivity contribution in [1.82, 2.24) is 0 Å². The zero-order valence-electron chi connectivity index (χ0n) is 12.8. The van der Waals surface area contributed by atoms with E-state index in [0.29, 0.717) is 0 Å². The minimum atomic E-state index is 0.739. The van der Waals surface area contributed by atoms with E-state index in [2.05, 4.69) is 47.5 Å². The summed E-state index contributed by atoms with van der Waals surface area (Å²) in [4.78, 5) is 2.48. The molecule has 0 bridgehead atoms. The number of anilines is 2. The van der Waals surface area contributed by atoms with E-state index in [1.165, 1.54) is 38.0 Å². The first kappa shape index (κ1) is 14.1. The van der Waals surface area contributed by atoms with Crippen molar-refractivity contribution in [2.75, 3.05) is 23.3 Å². The monoisotopic (exact) mass is 284 g/mol. The third-order valence-electron chi connectivity index (χ3n) is 4.12. The maximum atomic E-state index is 5.70. The molecular formula is C18H24N2O. The fourth-order valence-corrected chi connectivity index (χ4v) is 2.84. The van der Waals surface area contributed by atoms with Crippen molar-refractivity contribution in [3.8, 4) is 0 Å². The van der Waals surface area contributed by atoms with Gasteiger partial charge >= 0.3 is 0 Å². The second kappa shape index (κ2) is 6.70. The molecular weight excluding hydrogens is 260 g/mol. The van der Waals surface area contributed by atoms with Gasteiger partial charge < -0.3 is 14.6 Å². The van der Waals surface area contributed by atoms with Gasteiger partial charge in [-0.05, 0) is 55.7 Å². The fraction of sp³-hybridized carbons (Fsp3) is 0.444. The molecule has 0 saturated carbocycles. The van der Waals surface area contributed by atoms with E-state index in [1.807, 2.05) is 6.07 Å². The Labute approximate surface area is 127 Å². The van der Waals surface area contributed by atoms with Gasteiger partial charge in [-0.3, -0.25) is 0 Å². The average Bonchev–Trinajstić information content (AvgIpc) is 3.02. The lowest BCUT2D eigenvalue weighted by Gasteiger charge is -2.28. The molecule has 3 rings (SSSR count). The lowest BCUT2D eigenvalue weighted by molar-refractivity contribution is 0.476. The van der Waals surface area contributed by atoms with Gasteiger partial charge in [0.2, 0.25) is 0 Å². The van der Waals surface area contributed by atoms with Crippen LogP contribution in [0, 0.1) is 0 Å². The van der Waals surface area contributed by atoms with Crippen molar-refractivity contribution in [1.29, 1.82) is 0 Å². The van der Waals surface area contributed by atoms with Crippen LogP contribution >= 0.6 is 0 Å². The largest absolute Gasteiger partial charge is 0.464 e. The molecule has 0 unspecified atom stereocenters. The summed E-state index contributed by atoms with van der Waals surface area (Å²) in [7, 11) is 0. The molecule has 2 aromatic rings. The smallest absolute Gasteiger partial charge is 0.123 e. The van der Waals surface area contributed by atoms with Crippen LogP contribution < -0.4 is 10.2 Å². The molecule has 1 aliphatic heterocycles. The SMILES string of the molecule is CCc1ccc(CNc2ccc(N3CCCCC3)cc2)o1. The molecule has 0 radical (unpaired) electrons. The van der Waals surface area contributed by atoms with E-state index in [9.17, 15) is 0 Å². The summed E-state index contributed by atoms with van der Waals surface area (Å²) < 4.78 is 5.70. The Hall–Kier alpha value is -1.90. The standard InChI is InChI=1S/C18H24N2O/c1-2-17-10-11-18(21-17)14-19-15-6-8-16(9-7-15)20-12-4-3-5-13-20/h6-11,19H,2-5,12-14H2,1H3. The number of nitrogens with one attached hydrogen (secondary N) is 1. The molecule has 1 aromatic carbocycles. The number of benzene rings is 1. The minimum Gasteiger partial charge on any atom is -0.464 e. The Bertz CT molecular complexity index is 553. The van der Waals surface area contributed by atoms with Gasteiger partial charge in [0.15, 0.2) is 0 Å². The van der Waals surface area contributed by atoms with E-state index in [-0.39, 0.29) is 0 Å². The van der Waals surface area contributed by atoms with Gasteiger partial charge in [-0.1, -0.05) is 6.92 Å². The maximum Gasteiger partial charge on any atom is 0.123 e. The van der Waals surface area contributed by atoms with Crippen LogP contribution in [0.15, 0.2) is 40.8 Å². The summed E-state index contributed by atoms with van der Waals surface area (Å²) in [6, 6.07) is 12.9.